The van der Waals surface area contributed by atoms with E-state index in [1.165, 1.54) is 11.3 Å². The van der Waals surface area contributed by atoms with E-state index in [2.05, 4.69) is 34.5 Å². The molecule has 5 heteroatoms. The number of amides is 1. The predicted molar refractivity (Wildman–Crippen MR) is 103 cm³/mol. The molecular formula is C21H26N2O3. The predicted octanol–water partition coefficient (Wildman–Crippen LogP) is 3.27. The third kappa shape index (κ3) is 4.10. The Morgan fingerprint density at radius 2 is 1.85 bits per heavy atom. The maximum absolute atomic E-state index is 12.6. The van der Waals surface area contributed by atoms with E-state index in [1.54, 1.807) is 32.4 Å². The zero-order valence-electron chi connectivity index (χ0n) is 15.6. The zero-order chi connectivity index (χ0) is 18.5. The molecule has 1 amide bonds. The number of anilines is 1. The molecule has 1 heterocycles. The van der Waals surface area contributed by atoms with E-state index in [9.17, 15) is 4.79 Å². The monoisotopic (exact) mass is 354 g/mol. The van der Waals surface area contributed by atoms with Gasteiger partial charge in [-0.25, -0.2) is 0 Å². The van der Waals surface area contributed by atoms with Crippen molar-refractivity contribution >= 4 is 11.6 Å². The standard InChI is InChI=1S/C21H26N2O3/c1-15(14-23-10-6-8-16-7-4-5-9-20(16)23)22-21(24)17-11-18(25-2)13-19(12-17)26-3/h4-5,7,9,11-13,15H,6,8,10,14H2,1-3H3,(H,22,24). The van der Waals surface area contributed by atoms with Gasteiger partial charge in [-0.15, -0.1) is 0 Å². The molecule has 1 atom stereocenters. The molecular weight excluding hydrogens is 328 g/mol. The molecule has 0 bridgehead atoms. The number of carbonyl (C=O) groups excluding carboxylic acids is 1. The summed E-state index contributed by atoms with van der Waals surface area (Å²) in [5.41, 5.74) is 3.20. The number of ether oxygens (including phenoxy) is 2. The van der Waals surface area contributed by atoms with Gasteiger partial charge in [0.15, 0.2) is 0 Å². The van der Waals surface area contributed by atoms with Crippen LogP contribution in [0.4, 0.5) is 5.69 Å². The summed E-state index contributed by atoms with van der Waals surface area (Å²) in [5, 5.41) is 3.09. The first-order chi connectivity index (χ1) is 12.6. The number of para-hydroxylation sites is 1. The van der Waals surface area contributed by atoms with E-state index in [-0.39, 0.29) is 11.9 Å². The quantitative estimate of drug-likeness (QED) is 0.865. The lowest BCUT2D eigenvalue weighted by atomic mass is 10.0. The average molecular weight is 354 g/mol. The highest BCUT2D eigenvalue weighted by Crippen LogP contribution is 2.27. The molecule has 0 spiro atoms. The van der Waals surface area contributed by atoms with Crippen molar-refractivity contribution in [1.82, 2.24) is 5.32 Å². The minimum atomic E-state index is -0.125. The van der Waals surface area contributed by atoms with Crippen LogP contribution in [0.2, 0.25) is 0 Å². The van der Waals surface area contributed by atoms with Gasteiger partial charge in [0.1, 0.15) is 11.5 Å². The number of fused-ring (bicyclic) bond motifs is 1. The second kappa shape index (κ2) is 8.13. The second-order valence-corrected chi connectivity index (χ2v) is 6.65. The van der Waals surface area contributed by atoms with Crippen molar-refractivity contribution in [3.63, 3.8) is 0 Å². The largest absolute Gasteiger partial charge is 0.497 e. The summed E-state index contributed by atoms with van der Waals surface area (Å²) in [4.78, 5) is 15.0. The normalized spacial score (nSPS) is 14.3. The average Bonchev–Trinajstić information content (AvgIpc) is 2.67. The number of methoxy groups -OCH3 is 2. The topological polar surface area (TPSA) is 50.8 Å². The summed E-state index contributed by atoms with van der Waals surface area (Å²) >= 11 is 0. The van der Waals surface area contributed by atoms with Gasteiger partial charge < -0.3 is 19.7 Å². The molecule has 1 unspecified atom stereocenters. The number of rotatable bonds is 6. The van der Waals surface area contributed by atoms with Crippen LogP contribution in [0.5, 0.6) is 11.5 Å². The van der Waals surface area contributed by atoms with Crippen molar-refractivity contribution in [2.75, 3.05) is 32.2 Å². The van der Waals surface area contributed by atoms with Gasteiger partial charge in [-0.1, -0.05) is 18.2 Å². The van der Waals surface area contributed by atoms with Gasteiger partial charge in [-0.2, -0.15) is 0 Å². The molecule has 0 saturated carbocycles. The molecule has 26 heavy (non-hydrogen) atoms. The third-order valence-electron chi connectivity index (χ3n) is 4.69. The van der Waals surface area contributed by atoms with Crippen LogP contribution < -0.4 is 19.7 Å². The van der Waals surface area contributed by atoms with Crippen molar-refractivity contribution in [1.29, 1.82) is 0 Å². The maximum atomic E-state index is 12.6. The van der Waals surface area contributed by atoms with Gasteiger partial charge in [-0.3, -0.25) is 4.79 Å². The summed E-state index contributed by atoms with van der Waals surface area (Å²) in [5.74, 6) is 1.08. The summed E-state index contributed by atoms with van der Waals surface area (Å²) in [6.07, 6.45) is 2.27. The van der Waals surface area contributed by atoms with E-state index >= 15 is 0 Å². The minimum Gasteiger partial charge on any atom is -0.497 e. The minimum absolute atomic E-state index is 0.0193. The Morgan fingerprint density at radius 1 is 1.15 bits per heavy atom. The van der Waals surface area contributed by atoms with Crippen molar-refractivity contribution in [3.05, 3.63) is 53.6 Å². The first-order valence-corrected chi connectivity index (χ1v) is 8.97. The smallest absolute Gasteiger partial charge is 0.251 e. The van der Waals surface area contributed by atoms with Crippen LogP contribution in [0.3, 0.4) is 0 Å². The molecule has 2 aromatic carbocycles. The van der Waals surface area contributed by atoms with Crippen molar-refractivity contribution < 1.29 is 14.3 Å². The van der Waals surface area contributed by atoms with Crippen molar-refractivity contribution in [3.8, 4) is 11.5 Å². The van der Waals surface area contributed by atoms with Crippen LogP contribution in [0, 0.1) is 0 Å². The molecule has 0 radical (unpaired) electrons. The Kier molecular flexibility index (Phi) is 5.66. The van der Waals surface area contributed by atoms with Crippen LogP contribution in [0.15, 0.2) is 42.5 Å². The number of nitrogens with one attached hydrogen (secondary N) is 1. The number of aryl methyl sites for hydroxylation is 1. The summed E-state index contributed by atoms with van der Waals surface area (Å²) in [6, 6.07) is 13.7. The lowest BCUT2D eigenvalue weighted by molar-refractivity contribution is 0.0940. The summed E-state index contributed by atoms with van der Waals surface area (Å²) in [6.45, 7) is 3.83. The fraction of sp³-hybridized carbons (Fsp3) is 0.381. The molecule has 5 nitrogen and oxygen atoms in total. The van der Waals surface area contributed by atoms with E-state index in [0.29, 0.717) is 17.1 Å². The molecule has 1 aliphatic heterocycles. The Labute approximate surface area is 154 Å². The summed E-state index contributed by atoms with van der Waals surface area (Å²) < 4.78 is 10.5. The fourth-order valence-corrected chi connectivity index (χ4v) is 3.42. The molecule has 0 aliphatic carbocycles. The Hall–Kier alpha value is -2.69. The Bertz CT molecular complexity index is 753. The van der Waals surface area contributed by atoms with Gasteiger partial charge in [0.05, 0.1) is 14.2 Å². The number of carbonyl (C=O) groups is 1. The van der Waals surface area contributed by atoms with E-state index in [1.807, 2.05) is 6.92 Å². The van der Waals surface area contributed by atoms with Crippen molar-refractivity contribution in [2.24, 2.45) is 0 Å². The lowest BCUT2D eigenvalue weighted by Gasteiger charge is -2.33. The van der Waals surface area contributed by atoms with Gasteiger partial charge in [0, 0.05) is 36.4 Å². The molecule has 2 aromatic rings. The van der Waals surface area contributed by atoms with Gasteiger partial charge in [-0.05, 0) is 43.5 Å². The highest BCUT2D eigenvalue weighted by atomic mass is 16.5. The second-order valence-electron chi connectivity index (χ2n) is 6.65. The fourth-order valence-electron chi connectivity index (χ4n) is 3.42. The highest BCUT2D eigenvalue weighted by molar-refractivity contribution is 5.95. The van der Waals surface area contributed by atoms with E-state index < -0.39 is 0 Å². The molecule has 0 fully saturated rings. The van der Waals surface area contributed by atoms with Crippen molar-refractivity contribution in [2.45, 2.75) is 25.8 Å². The maximum Gasteiger partial charge on any atom is 0.251 e. The molecule has 1 aliphatic rings. The van der Waals surface area contributed by atoms with Crippen LogP contribution in [-0.4, -0.2) is 39.3 Å². The van der Waals surface area contributed by atoms with Crippen LogP contribution in [0.25, 0.3) is 0 Å². The number of benzene rings is 2. The van der Waals surface area contributed by atoms with Crippen LogP contribution in [0.1, 0.15) is 29.3 Å². The number of hydrogen-bond acceptors (Lipinski definition) is 4. The zero-order valence-corrected chi connectivity index (χ0v) is 15.6. The first-order valence-electron chi connectivity index (χ1n) is 8.97. The first kappa shape index (κ1) is 18.1. The highest BCUT2D eigenvalue weighted by Gasteiger charge is 2.19. The van der Waals surface area contributed by atoms with E-state index in [0.717, 1.165) is 25.9 Å². The third-order valence-corrected chi connectivity index (χ3v) is 4.69. The molecule has 1 N–H and O–H groups in total. The van der Waals surface area contributed by atoms with Gasteiger partial charge in [0.25, 0.3) is 5.91 Å². The number of hydrogen-bond donors (Lipinski definition) is 1. The van der Waals surface area contributed by atoms with E-state index in [4.69, 9.17) is 9.47 Å². The van der Waals surface area contributed by atoms with Gasteiger partial charge >= 0.3 is 0 Å². The Balaban J connectivity index is 1.67. The Morgan fingerprint density at radius 3 is 2.54 bits per heavy atom. The van der Waals surface area contributed by atoms with Gasteiger partial charge in [0.2, 0.25) is 0 Å². The molecule has 3 rings (SSSR count). The number of nitrogens with zero attached hydrogens (tertiary/aromatic N) is 1. The van der Waals surface area contributed by atoms with Crippen LogP contribution >= 0.6 is 0 Å². The SMILES string of the molecule is COc1cc(OC)cc(C(=O)NC(C)CN2CCCc3ccccc32)c1. The lowest BCUT2D eigenvalue weighted by Crippen LogP contribution is -2.43. The molecule has 0 aromatic heterocycles. The summed E-state index contributed by atoms with van der Waals surface area (Å²) in [7, 11) is 3.15. The molecule has 138 valence electrons. The molecule has 0 saturated heterocycles. The van der Waals surface area contributed by atoms with Crippen LogP contribution in [-0.2, 0) is 6.42 Å².